The van der Waals surface area contributed by atoms with Crippen LogP contribution in [0, 0.1) is 0 Å². The van der Waals surface area contributed by atoms with E-state index in [9.17, 15) is 18.0 Å². The molecule has 0 aliphatic heterocycles. The van der Waals surface area contributed by atoms with E-state index in [1.54, 1.807) is 36.4 Å². The normalized spacial score (nSPS) is 11.1. The summed E-state index contributed by atoms with van der Waals surface area (Å²) in [7, 11) is 1.27. The van der Waals surface area contributed by atoms with Crippen molar-refractivity contribution in [1.29, 1.82) is 0 Å². The van der Waals surface area contributed by atoms with Crippen molar-refractivity contribution < 1.29 is 27.4 Å². The molecule has 144 valence electrons. The molecule has 1 amide bonds. The lowest BCUT2D eigenvalue weighted by Gasteiger charge is -2.13. The maximum absolute atomic E-state index is 12.8. The number of nitrogens with zero attached hydrogens (tertiary/aromatic N) is 1. The first-order chi connectivity index (χ1) is 13.3. The molecular weight excluding hydrogens is 373 g/mol. The minimum absolute atomic E-state index is 0.0327. The van der Waals surface area contributed by atoms with Crippen molar-refractivity contribution in [1.82, 2.24) is 4.98 Å². The Morgan fingerprint density at radius 3 is 2.32 bits per heavy atom. The van der Waals surface area contributed by atoms with Crippen LogP contribution in [0.1, 0.15) is 16.1 Å². The minimum Gasteiger partial charge on any atom is -0.493 e. The van der Waals surface area contributed by atoms with Crippen molar-refractivity contribution in [3.05, 3.63) is 71.9 Å². The molecule has 2 N–H and O–H groups in total. The molecule has 28 heavy (non-hydrogen) atoms. The molecule has 3 aromatic rings. The van der Waals surface area contributed by atoms with Gasteiger partial charge in [0, 0.05) is 5.56 Å². The van der Waals surface area contributed by atoms with Crippen LogP contribution in [-0.2, 0) is 6.18 Å². The summed E-state index contributed by atoms with van der Waals surface area (Å²) in [4.78, 5) is 15.4. The Kier molecular flexibility index (Phi) is 5.21. The van der Waals surface area contributed by atoms with Crippen molar-refractivity contribution in [2.45, 2.75) is 6.18 Å². The molecular formula is C20H15F3N2O3. The average molecular weight is 388 g/mol. The Bertz CT molecular complexity index is 1000. The number of hydrogen-bond acceptors (Lipinski definition) is 4. The van der Waals surface area contributed by atoms with Gasteiger partial charge in [-0.3, -0.25) is 4.79 Å². The maximum Gasteiger partial charge on any atom is 0.416 e. The van der Waals surface area contributed by atoms with E-state index in [-0.39, 0.29) is 17.2 Å². The number of amides is 1. The van der Waals surface area contributed by atoms with Crippen LogP contribution < -0.4 is 15.2 Å². The Hall–Kier alpha value is -3.55. The molecule has 1 heterocycles. The first kappa shape index (κ1) is 19.2. The SMILES string of the molecule is COc1cc(C(F)(F)F)ccc1Oc1ccc(-c2cccc(C(N)=O)n2)cc1. The zero-order valence-electron chi connectivity index (χ0n) is 14.7. The summed E-state index contributed by atoms with van der Waals surface area (Å²) in [5.74, 6) is -0.115. The third kappa shape index (κ3) is 4.22. The third-order valence-electron chi connectivity index (χ3n) is 3.87. The number of benzene rings is 2. The van der Waals surface area contributed by atoms with E-state index in [4.69, 9.17) is 15.2 Å². The highest BCUT2D eigenvalue weighted by molar-refractivity contribution is 5.91. The van der Waals surface area contributed by atoms with E-state index in [1.165, 1.54) is 19.2 Å². The smallest absolute Gasteiger partial charge is 0.416 e. The summed E-state index contributed by atoms with van der Waals surface area (Å²) in [5.41, 5.74) is 5.82. The van der Waals surface area contributed by atoms with Crippen molar-refractivity contribution in [2.24, 2.45) is 5.73 Å². The van der Waals surface area contributed by atoms with E-state index in [2.05, 4.69) is 4.98 Å². The van der Waals surface area contributed by atoms with Crippen LogP contribution in [0.15, 0.2) is 60.7 Å². The molecule has 5 nitrogen and oxygen atoms in total. The van der Waals surface area contributed by atoms with E-state index in [1.807, 2.05) is 0 Å². The van der Waals surface area contributed by atoms with Crippen molar-refractivity contribution in [2.75, 3.05) is 7.11 Å². The van der Waals surface area contributed by atoms with Crippen molar-refractivity contribution in [3.8, 4) is 28.5 Å². The number of carbonyl (C=O) groups is 1. The second-order valence-electron chi connectivity index (χ2n) is 5.76. The molecule has 0 saturated heterocycles. The number of pyridine rings is 1. The summed E-state index contributed by atoms with van der Waals surface area (Å²) >= 11 is 0. The molecule has 2 aromatic carbocycles. The second kappa shape index (κ2) is 7.59. The fraction of sp³-hybridized carbons (Fsp3) is 0.100. The van der Waals surface area contributed by atoms with Gasteiger partial charge in [-0.25, -0.2) is 4.98 Å². The molecule has 0 radical (unpaired) electrons. The Morgan fingerprint density at radius 1 is 1.00 bits per heavy atom. The molecule has 0 aliphatic carbocycles. The highest BCUT2D eigenvalue weighted by Gasteiger charge is 2.31. The zero-order chi connectivity index (χ0) is 20.3. The average Bonchev–Trinajstić information content (AvgIpc) is 2.68. The Morgan fingerprint density at radius 2 is 1.71 bits per heavy atom. The summed E-state index contributed by atoms with van der Waals surface area (Å²) in [6.07, 6.45) is -4.47. The number of methoxy groups -OCH3 is 1. The molecule has 0 fully saturated rings. The van der Waals surface area contributed by atoms with Gasteiger partial charge in [0.25, 0.3) is 5.91 Å². The van der Waals surface area contributed by atoms with Crippen LogP contribution in [0.4, 0.5) is 13.2 Å². The molecule has 0 atom stereocenters. The van der Waals surface area contributed by atoms with Gasteiger partial charge in [-0.1, -0.05) is 6.07 Å². The Labute approximate surface area is 158 Å². The lowest BCUT2D eigenvalue weighted by Crippen LogP contribution is -2.12. The van der Waals surface area contributed by atoms with E-state index >= 15 is 0 Å². The minimum atomic E-state index is -4.47. The fourth-order valence-corrected chi connectivity index (χ4v) is 2.48. The molecule has 0 saturated carbocycles. The summed E-state index contributed by atoms with van der Waals surface area (Å²) < 4.78 is 49.1. The predicted molar refractivity (Wildman–Crippen MR) is 96.3 cm³/mol. The van der Waals surface area contributed by atoms with Crippen LogP contribution in [0.3, 0.4) is 0 Å². The predicted octanol–water partition coefficient (Wildman–Crippen LogP) is 4.67. The van der Waals surface area contributed by atoms with Gasteiger partial charge in [-0.2, -0.15) is 13.2 Å². The van der Waals surface area contributed by atoms with E-state index in [0.29, 0.717) is 11.4 Å². The highest BCUT2D eigenvalue weighted by atomic mass is 19.4. The van der Waals surface area contributed by atoms with Gasteiger partial charge >= 0.3 is 6.18 Å². The molecule has 1 aromatic heterocycles. The van der Waals surface area contributed by atoms with Crippen LogP contribution in [-0.4, -0.2) is 18.0 Å². The van der Waals surface area contributed by atoms with E-state index in [0.717, 1.165) is 17.7 Å². The van der Waals surface area contributed by atoms with Crippen LogP contribution in [0.25, 0.3) is 11.3 Å². The van der Waals surface area contributed by atoms with Crippen molar-refractivity contribution >= 4 is 5.91 Å². The van der Waals surface area contributed by atoms with Gasteiger partial charge in [0.15, 0.2) is 11.5 Å². The van der Waals surface area contributed by atoms with Gasteiger partial charge in [0.05, 0.1) is 18.4 Å². The van der Waals surface area contributed by atoms with Crippen LogP contribution in [0.2, 0.25) is 0 Å². The summed E-state index contributed by atoms with van der Waals surface area (Å²) in [6.45, 7) is 0. The Balaban J connectivity index is 1.83. The first-order valence-corrected chi connectivity index (χ1v) is 8.08. The number of primary amides is 1. The zero-order valence-corrected chi connectivity index (χ0v) is 14.7. The van der Waals surface area contributed by atoms with Gasteiger partial charge in [-0.05, 0) is 54.6 Å². The molecule has 3 rings (SSSR count). The molecule has 0 spiro atoms. The first-order valence-electron chi connectivity index (χ1n) is 8.08. The highest BCUT2D eigenvalue weighted by Crippen LogP contribution is 2.38. The number of hydrogen-bond donors (Lipinski definition) is 1. The third-order valence-corrected chi connectivity index (χ3v) is 3.87. The number of alkyl halides is 3. The standard InChI is InChI=1S/C20H15F3N2O3/c1-27-18-11-13(20(21,22)23)7-10-17(18)28-14-8-5-12(6-9-14)15-3-2-4-16(25-15)19(24)26/h2-11H,1H3,(H2,24,26). The number of halogens is 3. The quantitative estimate of drug-likeness (QED) is 0.689. The number of carbonyl (C=O) groups excluding carboxylic acids is 1. The fourth-order valence-electron chi connectivity index (χ4n) is 2.48. The van der Waals surface area contributed by atoms with Gasteiger partial charge in [-0.15, -0.1) is 0 Å². The largest absolute Gasteiger partial charge is 0.493 e. The van der Waals surface area contributed by atoms with Crippen molar-refractivity contribution in [3.63, 3.8) is 0 Å². The van der Waals surface area contributed by atoms with Gasteiger partial charge in [0.2, 0.25) is 0 Å². The summed E-state index contributed by atoms with van der Waals surface area (Å²) in [6, 6.07) is 14.6. The summed E-state index contributed by atoms with van der Waals surface area (Å²) in [5, 5.41) is 0. The van der Waals surface area contributed by atoms with Crippen LogP contribution in [0.5, 0.6) is 17.2 Å². The number of nitrogens with two attached hydrogens (primary N) is 1. The molecule has 0 bridgehead atoms. The lowest BCUT2D eigenvalue weighted by molar-refractivity contribution is -0.137. The van der Waals surface area contributed by atoms with E-state index < -0.39 is 17.6 Å². The van der Waals surface area contributed by atoms with Crippen LogP contribution >= 0.6 is 0 Å². The molecule has 8 heteroatoms. The van der Waals surface area contributed by atoms with Gasteiger partial charge in [0.1, 0.15) is 11.4 Å². The second-order valence-corrected chi connectivity index (χ2v) is 5.76. The number of aromatic nitrogens is 1. The molecule has 0 unspecified atom stereocenters. The lowest BCUT2D eigenvalue weighted by atomic mass is 10.1. The maximum atomic E-state index is 12.8. The number of rotatable bonds is 5. The number of ether oxygens (including phenoxy) is 2. The van der Waals surface area contributed by atoms with Gasteiger partial charge < -0.3 is 15.2 Å². The molecule has 0 aliphatic rings. The monoisotopic (exact) mass is 388 g/mol. The topological polar surface area (TPSA) is 74.4 Å².